The van der Waals surface area contributed by atoms with Gasteiger partial charge in [-0.1, -0.05) is 30.3 Å². The number of nitrogens with one attached hydrogen (secondary N) is 2. The van der Waals surface area contributed by atoms with E-state index in [1.54, 1.807) is 29.2 Å². The Kier molecular flexibility index (Phi) is 12.5. The van der Waals surface area contributed by atoms with Gasteiger partial charge in [-0.3, -0.25) is 14.5 Å². The second kappa shape index (κ2) is 16.8. The number of rotatable bonds is 14. The molecule has 0 aliphatic carbocycles. The molecule has 5 rings (SSSR count). The predicted molar refractivity (Wildman–Crippen MR) is 185 cm³/mol. The zero-order valence-corrected chi connectivity index (χ0v) is 29.1. The van der Waals surface area contributed by atoms with Gasteiger partial charge in [0.2, 0.25) is 31.9 Å². The molecule has 2 aliphatic heterocycles. The fraction of sp³-hybridized carbons (Fsp3) is 0.412. The maximum atomic E-state index is 13.2. The number of benzene rings is 3. The van der Waals surface area contributed by atoms with E-state index < -0.39 is 20.0 Å². The van der Waals surface area contributed by atoms with Gasteiger partial charge in [0.15, 0.2) is 0 Å². The predicted octanol–water partition coefficient (Wildman–Crippen LogP) is 2.63. The van der Waals surface area contributed by atoms with Crippen molar-refractivity contribution in [2.24, 2.45) is 0 Å². The lowest BCUT2D eigenvalue weighted by Gasteiger charge is -2.28. The number of amides is 2. The third-order valence-corrected chi connectivity index (χ3v) is 12.3. The van der Waals surface area contributed by atoms with Gasteiger partial charge in [-0.05, 0) is 73.9 Å². The van der Waals surface area contributed by atoms with Crippen LogP contribution in [0.4, 0.5) is 11.4 Å². The van der Waals surface area contributed by atoms with Crippen LogP contribution in [0, 0.1) is 0 Å². The van der Waals surface area contributed by atoms with Crippen molar-refractivity contribution in [2.45, 2.75) is 35.6 Å². The number of nitrogens with zero attached hydrogens (tertiary/aromatic N) is 3. The molecule has 0 bridgehead atoms. The average molecular weight is 714 g/mol. The summed E-state index contributed by atoms with van der Waals surface area (Å²) in [4.78, 5) is 28.5. The molecule has 0 spiro atoms. The number of aryl methyl sites for hydroxylation is 1. The maximum Gasteiger partial charge on any atom is 0.243 e. The van der Waals surface area contributed by atoms with Crippen LogP contribution in [0.25, 0.3) is 0 Å². The summed E-state index contributed by atoms with van der Waals surface area (Å²) in [6.07, 6.45) is 1.44. The average Bonchev–Trinajstić information content (AvgIpc) is 3.12. The van der Waals surface area contributed by atoms with Gasteiger partial charge in [0, 0.05) is 43.6 Å². The van der Waals surface area contributed by atoms with Gasteiger partial charge >= 0.3 is 0 Å². The molecule has 0 aromatic heterocycles. The van der Waals surface area contributed by atoms with Crippen LogP contribution < -0.4 is 10.6 Å². The van der Waals surface area contributed by atoms with E-state index in [-0.39, 0.29) is 66.9 Å². The molecule has 2 amide bonds. The summed E-state index contributed by atoms with van der Waals surface area (Å²) >= 11 is 0. The highest BCUT2D eigenvalue weighted by atomic mass is 32.2. The van der Waals surface area contributed by atoms with Crippen molar-refractivity contribution < 1.29 is 35.9 Å². The third kappa shape index (κ3) is 9.94. The standard InChI is InChI=1S/C34H43N5O8S2/c1-27(7-8-28-5-3-2-4-6-28)37(25-33(40)35-29-9-13-31(14-10-29)48(42,43)38-17-21-46-22-18-38)26-34(41)36-30-11-15-32(16-12-30)49(44,45)39-19-23-47-24-20-39/h2-6,9-16,27H,7-8,17-26H2,1H3,(H,35,40)(H,36,41). The maximum absolute atomic E-state index is 13.2. The van der Waals surface area contributed by atoms with Crippen LogP contribution in [0.15, 0.2) is 88.7 Å². The van der Waals surface area contributed by atoms with E-state index in [0.29, 0.717) is 44.2 Å². The van der Waals surface area contributed by atoms with Crippen molar-refractivity contribution in [2.75, 3.05) is 76.3 Å². The summed E-state index contributed by atoms with van der Waals surface area (Å²) in [6, 6.07) is 21.8. The summed E-state index contributed by atoms with van der Waals surface area (Å²) in [5.41, 5.74) is 2.00. The van der Waals surface area contributed by atoms with Gasteiger partial charge in [-0.25, -0.2) is 16.8 Å². The number of carbonyl (C=O) groups excluding carboxylic acids is 2. The Balaban J connectivity index is 1.22. The fourth-order valence-electron chi connectivity index (χ4n) is 5.63. The lowest BCUT2D eigenvalue weighted by molar-refractivity contribution is -0.120. The highest BCUT2D eigenvalue weighted by Crippen LogP contribution is 2.21. The lowest BCUT2D eigenvalue weighted by Crippen LogP contribution is -2.44. The van der Waals surface area contributed by atoms with Crippen molar-refractivity contribution >= 4 is 43.2 Å². The second-order valence-corrected chi connectivity index (χ2v) is 15.8. The summed E-state index contributed by atoms with van der Waals surface area (Å²) in [5, 5.41) is 5.64. The minimum atomic E-state index is -3.67. The summed E-state index contributed by atoms with van der Waals surface area (Å²) in [7, 11) is -7.34. The van der Waals surface area contributed by atoms with E-state index in [2.05, 4.69) is 10.6 Å². The lowest BCUT2D eigenvalue weighted by atomic mass is 10.1. The molecular weight excluding hydrogens is 671 g/mol. The monoisotopic (exact) mass is 713 g/mol. The molecule has 2 heterocycles. The normalized spacial score (nSPS) is 17.0. The van der Waals surface area contributed by atoms with Gasteiger partial charge < -0.3 is 20.1 Å². The number of morpholine rings is 2. The first-order valence-corrected chi connectivity index (χ1v) is 19.1. The molecule has 0 saturated carbocycles. The molecule has 49 heavy (non-hydrogen) atoms. The van der Waals surface area contributed by atoms with Crippen molar-refractivity contribution in [1.82, 2.24) is 13.5 Å². The first kappa shape index (κ1) is 36.6. The number of anilines is 2. The Bertz CT molecular complexity index is 1650. The van der Waals surface area contributed by atoms with Gasteiger partial charge in [0.25, 0.3) is 0 Å². The van der Waals surface area contributed by atoms with E-state index in [0.717, 1.165) is 12.0 Å². The Morgan fingerprint density at radius 3 is 1.49 bits per heavy atom. The van der Waals surface area contributed by atoms with Crippen molar-refractivity contribution in [1.29, 1.82) is 0 Å². The van der Waals surface area contributed by atoms with E-state index >= 15 is 0 Å². The Hall–Kier alpha value is -3.70. The number of carbonyl (C=O) groups is 2. The van der Waals surface area contributed by atoms with E-state index in [1.165, 1.54) is 32.9 Å². The first-order chi connectivity index (χ1) is 23.5. The third-order valence-electron chi connectivity index (χ3n) is 8.50. The van der Waals surface area contributed by atoms with Gasteiger partial charge in [0.05, 0.1) is 49.3 Å². The quantitative estimate of drug-likeness (QED) is 0.257. The smallest absolute Gasteiger partial charge is 0.243 e. The second-order valence-electron chi connectivity index (χ2n) is 12.0. The van der Waals surface area contributed by atoms with Crippen LogP contribution in [0.5, 0.6) is 0 Å². The van der Waals surface area contributed by atoms with Crippen molar-refractivity contribution in [3.8, 4) is 0 Å². The number of hydrogen-bond acceptors (Lipinski definition) is 9. The number of ether oxygens (including phenoxy) is 2. The molecule has 2 aliphatic rings. The Morgan fingerprint density at radius 2 is 1.08 bits per heavy atom. The highest BCUT2D eigenvalue weighted by molar-refractivity contribution is 7.89. The largest absolute Gasteiger partial charge is 0.379 e. The fourth-order valence-corrected chi connectivity index (χ4v) is 8.45. The van der Waals surface area contributed by atoms with Crippen molar-refractivity contribution in [3.63, 3.8) is 0 Å². The molecule has 3 aromatic carbocycles. The van der Waals surface area contributed by atoms with Crippen molar-refractivity contribution in [3.05, 3.63) is 84.4 Å². The van der Waals surface area contributed by atoms with Crippen LogP contribution in [0.2, 0.25) is 0 Å². The van der Waals surface area contributed by atoms with Crippen LogP contribution in [0.3, 0.4) is 0 Å². The zero-order valence-electron chi connectivity index (χ0n) is 27.5. The Morgan fingerprint density at radius 1 is 0.673 bits per heavy atom. The molecule has 2 N–H and O–H groups in total. The first-order valence-electron chi connectivity index (χ1n) is 16.3. The number of hydrogen-bond donors (Lipinski definition) is 2. The highest BCUT2D eigenvalue weighted by Gasteiger charge is 2.28. The SMILES string of the molecule is CC(CCc1ccccc1)N(CC(=O)Nc1ccc(S(=O)(=O)N2CCOCC2)cc1)CC(=O)Nc1ccc(S(=O)(=O)N2CCOCC2)cc1. The molecule has 1 atom stereocenters. The molecule has 15 heteroatoms. The van der Waals surface area contributed by atoms with Gasteiger partial charge in [0.1, 0.15) is 0 Å². The van der Waals surface area contributed by atoms with Crippen LogP contribution >= 0.6 is 0 Å². The molecular formula is C34H43N5O8S2. The molecule has 1 unspecified atom stereocenters. The van der Waals surface area contributed by atoms with Gasteiger partial charge in [-0.15, -0.1) is 0 Å². The molecule has 264 valence electrons. The molecule has 0 radical (unpaired) electrons. The minimum Gasteiger partial charge on any atom is -0.379 e. The van der Waals surface area contributed by atoms with E-state index in [1.807, 2.05) is 37.3 Å². The van der Waals surface area contributed by atoms with E-state index in [9.17, 15) is 26.4 Å². The van der Waals surface area contributed by atoms with Crippen LogP contribution in [-0.4, -0.2) is 114 Å². The molecule has 2 fully saturated rings. The van der Waals surface area contributed by atoms with E-state index in [4.69, 9.17) is 9.47 Å². The van der Waals surface area contributed by atoms with Crippen LogP contribution in [0.1, 0.15) is 18.9 Å². The summed E-state index contributed by atoms with van der Waals surface area (Å²) < 4.78 is 65.2. The summed E-state index contributed by atoms with van der Waals surface area (Å²) in [6.45, 7) is 4.31. The molecule has 13 nitrogen and oxygen atoms in total. The minimum absolute atomic E-state index is 0.0894. The van der Waals surface area contributed by atoms with Crippen LogP contribution in [-0.2, 0) is 45.5 Å². The Labute approximate surface area is 288 Å². The van der Waals surface area contributed by atoms with Gasteiger partial charge in [-0.2, -0.15) is 8.61 Å². The molecule has 3 aromatic rings. The number of sulfonamides is 2. The zero-order chi connectivity index (χ0) is 34.9. The summed E-state index contributed by atoms with van der Waals surface area (Å²) in [5.74, 6) is -0.721. The molecule has 2 saturated heterocycles. The topological polar surface area (TPSA) is 155 Å².